The summed E-state index contributed by atoms with van der Waals surface area (Å²) in [5.74, 6) is 0.433. The van der Waals surface area contributed by atoms with Gasteiger partial charge >= 0.3 is 0 Å². The Morgan fingerprint density at radius 3 is 2.61 bits per heavy atom. The molecule has 0 bridgehead atoms. The quantitative estimate of drug-likeness (QED) is 0.836. The van der Waals surface area contributed by atoms with Crippen LogP contribution in [0.15, 0.2) is 29.6 Å². The van der Waals surface area contributed by atoms with E-state index in [9.17, 15) is 9.50 Å². The lowest BCUT2D eigenvalue weighted by molar-refractivity contribution is 0.104. The molecule has 1 N–H and O–H groups in total. The number of nitrogens with zero attached hydrogens (tertiary/aromatic N) is 2. The first-order valence-electron chi connectivity index (χ1n) is 8.31. The van der Waals surface area contributed by atoms with Gasteiger partial charge in [0.15, 0.2) is 0 Å². The Morgan fingerprint density at radius 2 is 1.96 bits per heavy atom. The molecule has 1 aromatic heterocycles. The molecule has 5 heteroatoms. The number of aliphatic hydroxyl groups excluding tert-OH is 1. The highest BCUT2D eigenvalue weighted by Gasteiger charge is 2.32. The van der Waals surface area contributed by atoms with Crippen molar-refractivity contribution < 1.29 is 9.50 Å². The van der Waals surface area contributed by atoms with E-state index in [1.165, 1.54) is 42.8 Å². The van der Waals surface area contributed by atoms with E-state index in [0.717, 1.165) is 17.8 Å². The van der Waals surface area contributed by atoms with Crippen molar-refractivity contribution in [3.05, 3.63) is 51.7 Å². The zero-order chi connectivity index (χ0) is 15.8. The van der Waals surface area contributed by atoms with Crippen LogP contribution in [0, 0.1) is 5.82 Å². The summed E-state index contributed by atoms with van der Waals surface area (Å²) in [7, 11) is 0. The highest BCUT2D eigenvalue weighted by atomic mass is 32.1. The van der Waals surface area contributed by atoms with Crippen LogP contribution >= 0.6 is 11.3 Å². The van der Waals surface area contributed by atoms with Gasteiger partial charge in [0.1, 0.15) is 5.82 Å². The van der Waals surface area contributed by atoms with E-state index in [0.29, 0.717) is 18.5 Å². The predicted octanol–water partition coefficient (Wildman–Crippen LogP) is 3.86. The van der Waals surface area contributed by atoms with Crippen molar-refractivity contribution in [2.24, 2.45) is 0 Å². The second-order valence-corrected chi connectivity index (χ2v) is 7.57. The maximum Gasteiger partial charge on any atom is 0.123 e. The highest BCUT2D eigenvalue weighted by molar-refractivity contribution is 7.09. The molecule has 0 aliphatic heterocycles. The molecule has 23 heavy (non-hydrogen) atoms. The summed E-state index contributed by atoms with van der Waals surface area (Å²) in [5, 5.41) is 13.9. The average Bonchev–Trinajstić information content (AvgIpc) is 3.46. The molecule has 4 rings (SSSR count). The normalized spacial score (nSPS) is 19.3. The number of hydrogen-bond acceptors (Lipinski definition) is 4. The molecule has 0 saturated heterocycles. The van der Waals surface area contributed by atoms with E-state index in [4.69, 9.17) is 4.98 Å². The van der Waals surface area contributed by atoms with Gasteiger partial charge in [0.2, 0.25) is 0 Å². The molecular weight excluding hydrogens is 311 g/mol. The molecule has 2 aliphatic rings. The second-order valence-electron chi connectivity index (χ2n) is 6.68. The largest absolute Gasteiger partial charge is 0.387 e. The van der Waals surface area contributed by atoms with E-state index in [2.05, 4.69) is 10.3 Å². The lowest BCUT2D eigenvalue weighted by Crippen LogP contribution is -2.30. The number of benzene rings is 1. The van der Waals surface area contributed by atoms with Gasteiger partial charge in [-0.2, -0.15) is 0 Å². The maximum absolute atomic E-state index is 13.0. The molecule has 1 heterocycles. The molecule has 122 valence electrons. The number of hydrogen-bond donors (Lipinski definition) is 1. The average molecular weight is 332 g/mol. The summed E-state index contributed by atoms with van der Waals surface area (Å²) < 4.78 is 13.0. The predicted molar refractivity (Wildman–Crippen MR) is 88.9 cm³/mol. The molecule has 2 saturated carbocycles. The van der Waals surface area contributed by atoms with Crippen LogP contribution in [0.1, 0.15) is 54.0 Å². The molecule has 3 nitrogen and oxygen atoms in total. The minimum atomic E-state index is -0.585. The SMILES string of the molecule is OC(CN(Cc1csc(C2CC2)n1)C1CC1)c1ccc(F)cc1. The summed E-state index contributed by atoms with van der Waals surface area (Å²) in [6.45, 7) is 1.37. The molecule has 0 spiro atoms. The van der Waals surface area contributed by atoms with Gasteiger partial charge in [-0.3, -0.25) is 4.90 Å². The molecule has 0 radical (unpaired) electrons. The van der Waals surface area contributed by atoms with Crippen LogP contribution in [-0.4, -0.2) is 27.6 Å². The Hall–Kier alpha value is -1.30. The first-order valence-corrected chi connectivity index (χ1v) is 9.19. The molecular formula is C18H21FN2OS. The molecule has 2 aromatic rings. The van der Waals surface area contributed by atoms with Crippen molar-refractivity contribution in [1.82, 2.24) is 9.88 Å². The molecule has 2 fully saturated rings. The first-order chi connectivity index (χ1) is 11.2. The Morgan fingerprint density at radius 1 is 1.22 bits per heavy atom. The Balaban J connectivity index is 1.41. The minimum Gasteiger partial charge on any atom is -0.387 e. The fourth-order valence-corrected chi connectivity index (χ4v) is 3.90. The van der Waals surface area contributed by atoms with Gasteiger partial charge < -0.3 is 5.11 Å². The van der Waals surface area contributed by atoms with Gasteiger partial charge in [-0.05, 0) is 43.4 Å². The van der Waals surface area contributed by atoms with Crippen molar-refractivity contribution in [3.63, 3.8) is 0 Å². The number of thiazole rings is 1. The van der Waals surface area contributed by atoms with Crippen LogP contribution in [0.4, 0.5) is 4.39 Å². The van der Waals surface area contributed by atoms with Crippen molar-refractivity contribution in [2.75, 3.05) is 6.54 Å². The topological polar surface area (TPSA) is 36.4 Å². The van der Waals surface area contributed by atoms with Gasteiger partial charge in [0, 0.05) is 30.4 Å². The third-order valence-corrected chi connectivity index (χ3v) is 5.64. The fraction of sp³-hybridized carbons (Fsp3) is 0.500. The third-order valence-electron chi connectivity index (χ3n) is 4.59. The Kier molecular flexibility index (Phi) is 4.18. The van der Waals surface area contributed by atoms with E-state index in [1.807, 2.05) is 0 Å². The number of aromatic nitrogens is 1. The molecule has 0 amide bonds. The fourth-order valence-electron chi connectivity index (χ4n) is 2.92. The molecule has 1 unspecified atom stereocenters. The van der Waals surface area contributed by atoms with Crippen LogP contribution in [0.25, 0.3) is 0 Å². The van der Waals surface area contributed by atoms with Crippen molar-refractivity contribution in [1.29, 1.82) is 0 Å². The van der Waals surface area contributed by atoms with E-state index in [1.54, 1.807) is 23.5 Å². The van der Waals surface area contributed by atoms with E-state index in [-0.39, 0.29) is 5.82 Å². The van der Waals surface area contributed by atoms with Crippen LogP contribution in [0.2, 0.25) is 0 Å². The number of aliphatic hydroxyl groups is 1. The summed E-state index contributed by atoms with van der Waals surface area (Å²) in [5.41, 5.74) is 1.89. The van der Waals surface area contributed by atoms with Crippen LogP contribution in [0.5, 0.6) is 0 Å². The van der Waals surface area contributed by atoms with Crippen LogP contribution < -0.4 is 0 Å². The van der Waals surface area contributed by atoms with Gasteiger partial charge in [-0.25, -0.2) is 9.37 Å². The van der Waals surface area contributed by atoms with Crippen molar-refractivity contribution >= 4 is 11.3 Å². The second kappa shape index (κ2) is 6.30. The zero-order valence-electron chi connectivity index (χ0n) is 13.0. The summed E-state index contributed by atoms with van der Waals surface area (Å²) in [6, 6.07) is 6.69. The highest BCUT2D eigenvalue weighted by Crippen LogP contribution is 2.41. The standard InChI is InChI=1S/C18H21FN2OS/c19-14-5-3-12(4-6-14)17(22)10-21(16-7-8-16)9-15-11-23-18(20-15)13-1-2-13/h3-6,11,13,16-17,22H,1-2,7-10H2. The van der Waals surface area contributed by atoms with Crippen molar-refractivity contribution in [3.8, 4) is 0 Å². The number of halogens is 1. The Labute approximate surface area is 139 Å². The van der Waals surface area contributed by atoms with Gasteiger partial charge in [-0.15, -0.1) is 11.3 Å². The first kappa shape index (κ1) is 15.2. The summed E-state index contributed by atoms with van der Waals surface area (Å²) >= 11 is 1.77. The van der Waals surface area contributed by atoms with Gasteiger partial charge in [0.05, 0.1) is 16.8 Å². The molecule has 1 aromatic carbocycles. The lowest BCUT2D eigenvalue weighted by Gasteiger charge is -2.24. The zero-order valence-corrected chi connectivity index (χ0v) is 13.8. The molecule has 2 aliphatic carbocycles. The van der Waals surface area contributed by atoms with Gasteiger partial charge in [0.25, 0.3) is 0 Å². The summed E-state index contributed by atoms with van der Waals surface area (Å²) in [4.78, 5) is 7.08. The lowest BCUT2D eigenvalue weighted by atomic mass is 10.1. The number of rotatable bonds is 7. The molecule has 1 atom stereocenters. The minimum absolute atomic E-state index is 0.268. The Bertz CT molecular complexity index is 664. The third kappa shape index (κ3) is 3.79. The van der Waals surface area contributed by atoms with Crippen LogP contribution in [0.3, 0.4) is 0 Å². The van der Waals surface area contributed by atoms with Crippen molar-refractivity contribution in [2.45, 2.75) is 50.3 Å². The van der Waals surface area contributed by atoms with E-state index < -0.39 is 6.10 Å². The van der Waals surface area contributed by atoms with Gasteiger partial charge in [-0.1, -0.05) is 12.1 Å². The maximum atomic E-state index is 13.0. The van der Waals surface area contributed by atoms with E-state index >= 15 is 0 Å². The smallest absolute Gasteiger partial charge is 0.123 e. The monoisotopic (exact) mass is 332 g/mol. The van der Waals surface area contributed by atoms with Crippen LogP contribution in [-0.2, 0) is 6.54 Å². The summed E-state index contributed by atoms with van der Waals surface area (Å²) in [6.07, 6.45) is 4.36.